The van der Waals surface area contributed by atoms with Gasteiger partial charge in [-0.2, -0.15) is 5.10 Å². The normalized spacial score (nSPS) is 10.4. The van der Waals surface area contributed by atoms with Crippen molar-refractivity contribution in [3.8, 4) is 5.69 Å². The molecule has 0 aliphatic heterocycles. The molecule has 3 amide bonds. The Morgan fingerprint density at radius 1 is 0.750 bits per heavy atom. The van der Waals surface area contributed by atoms with Crippen LogP contribution < -0.4 is 16.0 Å². The Labute approximate surface area is 186 Å². The van der Waals surface area contributed by atoms with Crippen LogP contribution in [0.4, 0.5) is 21.9 Å². The summed E-state index contributed by atoms with van der Waals surface area (Å²) in [5, 5.41) is 12.8. The van der Waals surface area contributed by atoms with E-state index in [-0.39, 0.29) is 11.9 Å². The number of urea groups is 1. The van der Waals surface area contributed by atoms with Crippen molar-refractivity contribution >= 4 is 29.0 Å². The van der Waals surface area contributed by atoms with Crippen molar-refractivity contribution in [3.05, 3.63) is 102 Å². The third-order valence-corrected chi connectivity index (χ3v) is 4.88. The van der Waals surface area contributed by atoms with Crippen LogP contribution in [0.25, 0.3) is 5.69 Å². The van der Waals surface area contributed by atoms with Crippen LogP contribution in [0.3, 0.4) is 0 Å². The van der Waals surface area contributed by atoms with Gasteiger partial charge in [0.1, 0.15) is 0 Å². The quantitative estimate of drug-likeness (QED) is 0.390. The fourth-order valence-corrected chi connectivity index (χ4v) is 3.35. The number of rotatable bonds is 6. The number of amides is 3. The highest BCUT2D eigenvalue weighted by Gasteiger charge is 2.17. The highest BCUT2D eigenvalue weighted by Crippen LogP contribution is 2.19. The van der Waals surface area contributed by atoms with Crippen molar-refractivity contribution in [2.24, 2.45) is 0 Å². The molecule has 0 spiro atoms. The second-order valence-corrected chi connectivity index (χ2v) is 7.08. The van der Waals surface area contributed by atoms with Crippen LogP contribution in [0.1, 0.15) is 23.0 Å². The van der Waals surface area contributed by atoms with Gasteiger partial charge in [0.15, 0.2) is 0 Å². The van der Waals surface area contributed by atoms with E-state index in [9.17, 15) is 9.59 Å². The highest BCUT2D eigenvalue weighted by molar-refractivity contribution is 6.05. The van der Waals surface area contributed by atoms with Crippen molar-refractivity contribution in [1.82, 2.24) is 9.78 Å². The van der Waals surface area contributed by atoms with Gasteiger partial charge in [0.2, 0.25) is 0 Å². The molecule has 4 rings (SSSR count). The Morgan fingerprint density at radius 3 is 1.88 bits per heavy atom. The molecule has 0 saturated carbocycles. The van der Waals surface area contributed by atoms with E-state index in [1.165, 1.54) is 0 Å². The van der Waals surface area contributed by atoms with Crippen LogP contribution in [0.5, 0.6) is 0 Å². The number of carbonyl (C=O) groups is 2. The molecule has 7 nitrogen and oxygen atoms in total. The van der Waals surface area contributed by atoms with Gasteiger partial charge >= 0.3 is 6.03 Å². The molecule has 0 bridgehead atoms. The number of nitrogens with zero attached hydrogens (tertiary/aromatic N) is 2. The zero-order valence-electron chi connectivity index (χ0n) is 17.6. The standard InChI is InChI=1S/C25H23N5O2/c1-2-23-22(17-26-30(23)21-11-7-4-8-12-21)24(31)27-19-13-15-20(16-14-19)29-25(32)28-18-9-5-3-6-10-18/h3-17H,2H2,1H3,(H,27,31)(H2,28,29,32). The molecule has 1 heterocycles. The lowest BCUT2D eigenvalue weighted by molar-refractivity contribution is 0.102. The van der Waals surface area contributed by atoms with Gasteiger partial charge < -0.3 is 16.0 Å². The average Bonchev–Trinajstić information content (AvgIpc) is 3.26. The summed E-state index contributed by atoms with van der Waals surface area (Å²) >= 11 is 0. The van der Waals surface area contributed by atoms with Crippen LogP contribution >= 0.6 is 0 Å². The highest BCUT2D eigenvalue weighted by atomic mass is 16.2. The predicted molar refractivity (Wildman–Crippen MR) is 126 cm³/mol. The summed E-state index contributed by atoms with van der Waals surface area (Å²) in [5.74, 6) is -0.230. The van der Waals surface area contributed by atoms with Gasteiger partial charge in [0.05, 0.1) is 23.1 Å². The number of anilines is 3. The Kier molecular flexibility index (Phi) is 6.27. The second kappa shape index (κ2) is 9.61. The molecule has 0 atom stereocenters. The molecule has 3 N–H and O–H groups in total. The summed E-state index contributed by atoms with van der Waals surface area (Å²) in [6.07, 6.45) is 2.25. The largest absolute Gasteiger partial charge is 0.323 e. The Morgan fingerprint density at radius 2 is 1.28 bits per heavy atom. The molecule has 0 saturated heterocycles. The monoisotopic (exact) mass is 425 g/mol. The zero-order chi connectivity index (χ0) is 22.3. The number of carbonyl (C=O) groups excluding carboxylic acids is 2. The maximum atomic E-state index is 12.9. The van der Waals surface area contributed by atoms with Crippen molar-refractivity contribution in [3.63, 3.8) is 0 Å². The van der Waals surface area contributed by atoms with Gasteiger partial charge in [-0.25, -0.2) is 9.48 Å². The third-order valence-electron chi connectivity index (χ3n) is 4.88. The van der Waals surface area contributed by atoms with Crippen LogP contribution in [-0.4, -0.2) is 21.7 Å². The minimum Gasteiger partial charge on any atom is -0.322 e. The minimum atomic E-state index is -0.339. The Bertz CT molecular complexity index is 1200. The number of hydrogen-bond donors (Lipinski definition) is 3. The molecule has 0 aliphatic rings. The van der Waals surface area contributed by atoms with Crippen LogP contribution in [0.2, 0.25) is 0 Å². The summed E-state index contributed by atoms with van der Waals surface area (Å²) < 4.78 is 1.78. The molecule has 160 valence electrons. The van der Waals surface area contributed by atoms with E-state index < -0.39 is 0 Å². The molecular weight excluding hydrogens is 402 g/mol. The molecule has 0 fully saturated rings. The lowest BCUT2D eigenvalue weighted by Crippen LogP contribution is -2.19. The first-order valence-corrected chi connectivity index (χ1v) is 10.3. The lowest BCUT2D eigenvalue weighted by Gasteiger charge is -2.10. The van der Waals surface area contributed by atoms with Crippen molar-refractivity contribution in [2.45, 2.75) is 13.3 Å². The Hall–Kier alpha value is -4.39. The third kappa shape index (κ3) is 4.84. The summed E-state index contributed by atoms with van der Waals surface area (Å²) in [7, 11) is 0. The summed E-state index contributed by atoms with van der Waals surface area (Å²) in [4.78, 5) is 25.0. The summed E-state index contributed by atoms with van der Waals surface area (Å²) in [6.45, 7) is 1.99. The summed E-state index contributed by atoms with van der Waals surface area (Å²) in [6, 6.07) is 25.5. The fraction of sp³-hybridized carbons (Fsp3) is 0.0800. The lowest BCUT2D eigenvalue weighted by atomic mass is 10.1. The molecular formula is C25H23N5O2. The van der Waals surface area contributed by atoms with Gasteiger partial charge in [-0.3, -0.25) is 4.79 Å². The van der Waals surface area contributed by atoms with Gasteiger partial charge in [-0.05, 0) is 55.0 Å². The number of aromatic nitrogens is 2. The van der Waals surface area contributed by atoms with E-state index in [2.05, 4.69) is 21.0 Å². The molecule has 0 radical (unpaired) electrons. The van der Waals surface area contributed by atoms with Crippen molar-refractivity contribution < 1.29 is 9.59 Å². The van der Waals surface area contributed by atoms with Gasteiger partial charge in [0, 0.05) is 17.1 Å². The number of hydrogen-bond acceptors (Lipinski definition) is 3. The zero-order valence-corrected chi connectivity index (χ0v) is 17.6. The van der Waals surface area contributed by atoms with Gasteiger partial charge in [-0.15, -0.1) is 0 Å². The SMILES string of the molecule is CCc1c(C(=O)Nc2ccc(NC(=O)Nc3ccccc3)cc2)cnn1-c1ccccc1. The first-order valence-electron chi connectivity index (χ1n) is 10.3. The average molecular weight is 425 g/mol. The van der Waals surface area contributed by atoms with Crippen molar-refractivity contribution in [1.29, 1.82) is 0 Å². The molecule has 0 unspecified atom stereocenters. The molecule has 7 heteroatoms. The molecule has 1 aromatic heterocycles. The van der Waals surface area contributed by atoms with E-state index in [1.54, 1.807) is 35.1 Å². The smallest absolute Gasteiger partial charge is 0.322 e. The van der Waals surface area contributed by atoms with Crippen LogP contribution in [0, 0.1) is 0 Å². The first kappa shape index (κ1) is 20.9. The van der Waals surface area contributed by atoms with E-state index in [1.807, 2.05) is 67.6 Å². The molecule has 3 aromatic carbocycles. The maximum Gasteiger partial charge on any atom is 0.323 e. The van der Waals surface area contributed by atoms with E-state index >= 15 is 0 Å². The van der Waals surface area contributed by atoms with Crippen LogP contribution in [0.15, 0.2) is 91.1 Å². The minimum absolute atomic E-state index is 0.230. The van der Waals surface area contributed by atoms with E-state index in [4.69, 9.17) is 0 Å². The van der Waals surface area contributed by atoms with Crippen LogP contribution in [-0.2, 0) is 6.42 Å². The molecule has 4 aromatic rings. The first-order chi connectivity index (χ1) is 15.6. The van der Waals surface area contributed by atoms with E-state index in [0.717, 1.165) is 11.4 Å². The second-order valence-electron chi connectivity index (χ2n) is 7.08. The number of benzene rings is 3. The molecule has 0 aliphatic carbocycles. The van der Waals surface area contributed by atoms with Gasteiger partial charge in [-0.1, -0.05) is 43.3 Å². The topological polar surface area (TPSA) is 88.1 Å². The van der Waals surface area contributed by atoms with Crippen molar-refractivity contribution in [2.75, 3.05) is 16.0 Å². The fourth-order valence-electron chi connectivity index (χ4n) is 3.35. The van der Waals surface area contributed by atoms with E-state index in [0.29, 0.717) is 29.0 Å². The molecule has 32 heavy (non-hydrogen) atoms. The Balaban J connectivity index is 1.41. The summed E-state index contributed by atoms with van der Waals surface area (Å²) in [5.41, 5.74) is 4.22. The predicted octanol–water partition coefficient (Wildman–Crippen LogP) is 5.33. The maximum absolute atomic E-state index is 12.9. The number of para-hydroxylation sites is 2. The number of nitrogens with one attached hydrogen (secondary N) is 3. The van der Waals surface area contributed by atoms with Gasteiger partial charge in [0.25, 0.3) is 5.91 Å².